The lowest BCUT2D eigenvalue weighted by atomic mass is 9.79. The topological polar surface area (TPSA) is 0 Å². The van der Waals surface area contributed by atoms with Gasteiger partial charge in [0, 0.05) is 0 Å². The summed E-state index contributed by atoms with van der Waals surface area (Å²) in [4.78, 5) is 0. The van der Waals surface area contributed by atoms with Crippen LogP contribution in [0.3, 0.4) is 0 Å². The molecule has 0 aliphatic carbocycles. The normalized spacial score (nSPS) is 15.0. The molecule has 18 heavy (non-hydrogen) atoms. The monoisotopic (exact) mass is 254 g/mol. The van der Waals surface area contributed by atoms with E-state index < -0.39 is 0 Å². The Morgan fingerprint density at radius 1 is 0.611 bits per heavy atom. The van der Waals surface area contributed by atoms with E-state index in [2.05, 4.69) is 34.6 Å². The molecule has 0 fully saturated rings. The quantitative estimate of drug-likeness (QED) is 0.335. The summed E-state index contributed by atoms with van der Waals surface area (Å²) in [6.07, 6.45) is 14.3. The Morgan fingerprint density at radius 2 is 1.17 bits per heavy atom. The van der Waals surface area contributed by atoms with Gasteiger partial charge >= 0.3 is 0 Å². The Kier molecular flexibility index (Phi) is 12.1. The van der Waals surface area contributed by atoms with Crippen LogP contribution in [0.2, 0.25) is 0 Å². The van der Waals surface area contributed by atoms with Crippen molar-refractivity contribution in [2.75, 3.05) is 0 Å². The van der Waals surface area contributed by atoms with Crippen molar-refractivity contribution in [3.05, 3.63) is 0 Å². The molecule has 0 N–H and O–H groups in total. The lowest BCUT2D eigenvalue weighted by molar-refractivity contribution is 0.234. The SMILES string of the molecule is CCCCCCCCCC(C)C(CCC)C(C)C. The van der Waals surface area contributed by atoms with Crippen molar-refractivity contribution in [3.63, 3.8) is 0 Å². The highest BCUT2D eigenvalue weighted by molar-refractivity contribution is 4.69. The van der Waals surface area contributed by atoms with Crippen molar-refractivity contribution in [1.29, 1.82) is 0 Å². The molecule has 0 aliphatic heterocycles. The molecular formula is C18H38. The van der Waals surface area contributed by atoms with E-state index in [4.69, 9.17) is 0 Å². The van der Waals surface area contributed by atoms with Crippen LogP contribution in [-0.4, -0.2) is 0 Å². The summed E-state index contributed by atoms with van der Waals surface area (Å²) in [5.74, 6) is 2.75. The molecule has 0 heterocycles. The zero-order valence-electron chi connectivity index (χ0n) is 13.8. The second-order valence-electron chi connectivity index (χ2n) is 6.58. The third kappa shape index (κ3) is 9.00. The summed E-state index contributed by atoms with van der Waals surface area (Å²) in [5, 5.41) is 0. The molecule has 0 aromatic rings. The molecule has 0 saturated carbocycles. The van der Waals surface area contributed by atoms with Crippen LogP contribution in [0.1, 0.15) is 98.8 Å². The van der Waals surface area contributed by atoms with Crippen LogP contribution < -0.4 is 0 Å². The Balaban J connectivity index is 3.58. The number of rotatable bonds is 12. The Labute approximate surface area is 117 Å². The molecule has 2 unspecified atom stereocenters. The molecule has 0 aromatic carbocycles. The van der Waals surface area contributed by atoms with Gasteiger partial charge in [0.15, 0.2) is 0 Å². The van der Waals surface area contributed by atoms with Crippen molar-refractivity contribution in [2.45, 2.75) is 98.8 Å². The van der Waals surface area contributed by atoms with E-state index in [0.717, 1.165) is 17.8 Å². The first kappa shape index (κ1) is 18.0. The molecule has 0 spiro atoms. The molecule has 0 rings (SSSR count). The van der Waals surface area contributed by atoms with Crippen LogP contribution in [-0.2, 0) is 0 Å². The van der Waals surface area contributed by atoms with Gasteiger partial charge in [-0.25, -0.2) is 0 Å². The third-order valence-electron chi connectivity index (χ3n) is 4.47. The molecule has 0 bridgehead atoms. The number of hydrogen-bond acceptors (Lipinski definition) is 0. The smallest absolute Gasteiger partial charge is 0.0365 e. The van der Waals surface area contributed by atoms with E-state index in [1.807, 2.05) is 0 Å². The summed E-state index contributed by atoms with van der Waals surface area (Å²) in [6.45, 7) is 11.9. The van der Waals surface area contributed by atoms with Crippen molar-refractivity contribution >= 4 is 0 Å². The molecule has 0 radical (unpaired) electrons. The third-order valence-corrected chi connectivity index (χ3v) is 4.47. The van der Waals surface area contributed by atoms with E-state index in [0.29, 0.717) is 0 Å². The molecule has 110 valence electrons. The Morgan fingerprint density at radius 3 is 1.67 bits per heavy atom. The van der Waals surface area contributed by atoms with Crippen molar-refractivity contribution in [1.82, 2.24) is 0 Å². The molecule has 0 saturated heterocycles. The summed E-state index contributed by atoms with van der Waals surface area (Å²) >= 11 is 0. The van der Waals surface area contributed by atoms with Crippen LogP contribution in [0, 0.1) is 17.8 Å². The average Bonchev–Trinajstić information content (AvgIpc) is 2.34. The largest absolute Gasteiger partial charge is 0.0654 e. The molecule has 2 atom stereocenters. The first-order valence-corrected chi connectivity index (χ1v) is 8.63. The Bertz CT molecular complexity index is 159. The first-order chi connectivity index (χ1) is 8.63. The van der Waals surface area contributed by atoms with Gasteiger partial charge in [-0.15, -0.1) is 0 Å². The van der Waals surface area contributed by atoms with Crippen LogP contribution in [0.25, 0.3) is 0 Å². The van der Waals surface area contributed by atoms with Gasteiger partial charge in [-0.1, -0.05) is 98.8 Å². The molecule has 0 aliphatic rings. The summed E-state index contributed by atoms with van der Waals surface area (Å²) in [6, 6.07) is 0. The van der Waals surface area contributed by atoms with Crippen LogP contribution in [0.15, 0.2) is 0 Å². The minimum atomic E-state index is 0.865. The molecule has 0 nitrogen and oxygen atoms in total. The Hall–Kier alpha value is 0. The predicted molar refractivity (Wildman–Crippen MR) is 85.0 cm³/mol. The van der Waals surface area contributed by atoms with E-state index in [1.54, 1.807) is 0 Å². The molecule has 0 heteroatoms. The maximum absolute atomic E-state index is 2.48. The highest BCUT2D eigenvalue weighted by Crippen LogP contribution is 2.29. The predicted octanol–water partition coefficient (Wildman–Crippen LogP) is 6.84. The molecule has 0 amide bonds. The van der Waals surface area contributed by atoms with Crippen LogP contribution in [0.5, 0.6) is 0 Å². The second-order valence-corrected chi connectivity index (χ2v) is 6.58. The highest BCUT2D eigenvalue weighted by Gasteiger charge is 2.19. The lowest BCUT2D eigenvalue weighted by Gasteiger charge is -2.27. The highest BCUT2D eigenvalue weighted by atomic mass is 14.2. The minimum absolute atomic E-state index is 0.865. The number of hydrogen-bond donors (Lipinski definition) is 0. The van der Waals surface area contributed by atoms with Crippen molar-refractivity contribution in [2.24, 2.45) is 17.8 Å². The van der Waals surface area contributed by atoms with Gasteiger partial charge in [-0.05, 0) is 17.8 Å². The van der Waals surface area contributed by atoms with E-state index in [9.17, 15) is 0 Å². The second kappa shape index (κ2) is 12.1. The maximum Gasteiger partial charge on any atom is -0.0365 e. The zero-order chi connectivity index (χ0) is 13.8. The van der Waals surface area contributed by atoms with Gasteiger partial charge in [-0.2, -0.15) is 0 Å². The zero-order valence-corrected chi connectivity index (χ0v) is 13.8. The van der Waals surface area contributed by atoms with Gasteiger partial charge in [0.2, 0.25) is 0 Å². The lowest BCUT2D eigenvalue weighted by Crippen LogP contribution is -2.17. The van der Waals surface area contributed by atoms with Gasteiger partial charge in [0.25, 0.3) is 0 Å². The van der Waals surface area contributed by atoms with Crippen LogP contribution in [0.4, 0.5) is 0 Å². The van der Waals surface area contributed by atoms with Gasteiger partial charge < -0.3 is 0 Å². The molecular weight excluding hydrogens is 216 g/mol. The summed E-state index contributed by atoms with van der Waals surface area (Å²) < 4.78 is 0. The fourth-order valence-electron chi connectivity index (χ4n) is 3.25. The number of unbranched alkanes of at least 4 members (excludes halogenated alkanes) is 6. The van der Waals surface area contributed by atoms with E-state index >= 15 is 0 Å². The van der Waals surface area contributed by atoms with Crippen molar-refractivity contribution in [3.8, 4) is 0 Å². The fraction of sp³-hybridized carbons (Fsp3) is 1.00. The van der Waals surface area contributed by atoms with Gasteiger partial charge in [0.1, 0.15) is 0 Å². The first-order valence-electron chi connectivity index (χ1n) is 8.63. The standard InChI is InChI=1S/C18H38/c1-6-8-9-10-11-12-13-15-17(5)18(14-7-2)16(3)4/h16-18H,6-15H2,1-5H3. The summed E-state index contributed by atoms with van der Waals surface area (Å²) in [7, 11) is 0. The van der Waals surface area contributed by atoms with Crippen molar-refractivity contribution < 1.29 is 0 Å². The fourth-order valence-corrected chi connectivity index (χ4v) is 3.25. The summed E-state index contributed by atoms with van der Waals surface area (Å²) in [5.41, 5.74) is 0. The average molecular weight is 255 g/mol. The minimum Gasteiger partial charge on any atom is -0.0654 e. The van der Waals surface area contributed by atoms with Gasteiger partial charge in [-0.3, -0.25) is 0 Å². The van der Waals surface area contributed by atoms with E-state index in [1.165, 1.54) is 64.2 Å². The van der Waals surface area contributed by atoms with Crippen LogP contribution >= 0.6 is 0 Å². The molecule has 0 aromatic heterocycles. The van der Waals surface area contributed by atoms with E-state index in [-0.39, 0.29) is 0 Å². The van der Waals surface area contributed by atoms with Gasteiger partial charge in [0.05, 0.1) is 0 Å². The maximum atomic E-state index is 2.48.